The zero-order chi connectivity index (χ0) is 19.5. The lowest BCUT2D eigenvalue weighted by Crippen LogP contribution is -2.42. The summed E-state index contributed by atoms with van der Waals surface area (Å²) in [6.45, 7) is 3.77. The molecule has 0 radical (unpaired) electrons. The van der Waals surface area contributed by atoms with Crippen LogP contribution in [0.25, 0.3) is 0 Å². The number of nitrogens with two attached hydrogens (primary N) is 1. The number of nitro benzene ring substituents is 1. The predicted octanol–water partition coefficient (Wildman–Crippen LogP) is 1.77. The second-order valence-corrected chi connectivity index (χ2v) is 6.62. The van der Waals surface area contributed by atoms with Crippen LogP contribution in [0.3, 0.4) is 0 Å². The maximum Gasteiger partial charge on any atom is 0.269 e. The van der Waals surface area contributed by atoms with Crippen molar-refractivity contribution in [2.75, 3.05) is 5.32 Å². The highest BCUT2D eigenvalue weighted by molar-refractivity contribution is 6.13. The fourth-order valence-electron chi connectivity index (χ4n) is 3.70. The number of fused-ring (bicyclic) bond motifs is 4. The Bertz CT molecular complexity index is 1090. The summed E-state index contributed by atoms with van der Waals surface area (Å²) in [5.74, 6) is -0.812. The Hall–Kier alpha value is -3.87. The second kappa shape index (κ2) is 5.31. The molecule has 2 aliphatic heterocycles. The summed E-state index contributed by atoms with van der Waals surface area (Å²) in [6, 6.07) is 5.97. The lowest BCUT2D eigenvalue weighted by Gasteiger charge is -2.32. The molecule has 4 N–H and O–H groups in total. The van der Waals surface area contributed by atoms with Gasteiger partial charge in [-0.2, -0.15) is 5.26 Å². The summed E-state index contributed by atoms with van der Waals surface area (Å²) in [5.41, 5.74) is 5.50. The molecule has 136 valence electrons. The fraction of sp³-hybridized carbons (Fsp3) is 0.235. The van der Waals surface area contributed by atoms with E-state index in [1.807, 2.05) is 19.9 Å². The molecule has 4 rings (SSSR count). The van der Waals surface area contributed by atoms with Crippen LogP contribution in [0.15, 0.2) is 29.7 Å². The quantitative estimate of drug-likeness (QED) is 0.539. The van der Waals surface area contributed by atoms with Gasteiger partial charge >= 0.3 is 0 Å². The molecular formula is C17H14N6O4. The van der Waals surface area contributed by atoms with E-state index in [4.69, 9.17) is 10.5 Å². The zero-order valence-electron chi connectivity index (χ0n) is 14.4. The first-order chi connectivity index (χ1) is 12.8. The molecule has 0 saturated heterocycles. The topological polar surface area (TPSA) is 160 Å². The average molecular weight is 366 g/mol. The van der Waals surface area contributed by atoms with Crippen LogP contribution in [0.4, 0.5) is 11.4 Å². The highest BCUT2D eigenvalue weighted by Gasteiger charge is 2.59. The predicted molar refractivity (Wildman–Crippen MR) is 92.6 cm³/mol. The number of nitrogens with one attached hydrogen (secondary N) is 2. The Kier molecular flexibility index (Phi) is 3.26. The van der Waals surface area contributed by atoms with Crippen molar-refractivity contribution in [3.8, 4) is 11.9 Å². The molecule has 1 unspecified atom stereocenters. The van der Waals surface area contributed by atoms with Gasteiger partial charge in [0.1, 0.15) is 17.1 Å². The first-order valence-corrected chi connectivity index (χ1v) is 8.09. The normalized spacial score (nSPS) is 20.1. The summed E-state index contributed by atoms with van der Waals surface area (Å²) >= 11 is 0. The number of amides is 1. The number of nitriles is 1. The molecule has 1 amide bonds. The smallest absolute Gasteiger partial charge is 0.269 e. The first-order valence-electron chi connectivity index (χ1n) is 8.09. The van der Waals surface area contributed by atoms with Gasteiger partial charge in [-0.15, -0.1) is 5.10 Å². The number of hydrogen-bond acceptors (Lipinski definition) is 7. The van der Waals surface area contributed by atoms with Crippen molar-refractivity contribution < 1.29 is 14.5 Å². The Morgan fingerprint density at radius 2 is 2.19 bits per heavy atom. The molecule has 2 aromatic rings. The molecule has 1 aromatic carbocycles. The van der Waals surface area contributed by atoms with Crippen molar-refractivity contribution in [3.63, 3.8) is 0 Å². The van der Waals surface area contributed by atoms with Crippen molar-refractivity contribution in [3.05, 3.63) is 56.6 Å². The number of nitro groups is 1. The molecule has 2 aliphatic rings. The Morgan fingerprint density at radius 1 is 1.44 bits per heavy atom. The number of non-ortho nitro benzene ring substituents is 1. The van der Waals surface area contributed by atoms with E-state index in [1.165, 1.54) is 18.2 Å². The Morgan fingerprint density at radius 3 is 2.81 bits per heavy atom. The third kappa shape index (κ3) is 1.93. The van der Waals surface area contributed by atoms with Gasteiger partial charge in [-0.25, -0.2) is 0 Å². The van der Waals surface area contributed by atoms with Crippen molar-refractivity contribution >= 4 is 17.3 Å². The number of rotatable bonds is 2. The van der Waals surface area contributed by atoms with Crippen molar-refractivity contribution in [2.45, 2.75) is 25.2 Å². The van der Waals surface area contributed by atoms with Crippen LogP contribution < -0.4 is 15.8 Å². The maximum atomic E-state index is 13.2. The average Bonchev–Trinajstić information content (AvgIpc) is 3.15. The van der Waals surface area contributed by atoms with E-state index in [9.17, 15) is 20.2 Å². The number of ether oxygens (including phenoxy) is 1. The molecule has 0 fully saturated rings. The van der Waals surface area contributed by atoms with Gasteiger partial charge in [0.25, 0.3) is 5.69 Å². The van der Waals surface area contributed by atoms with Crippen LogP contribution in [-0.4, -0.2) is 21.0 Å². The molecule has 1 spiro atoms. The van der Waals surface area contributed by atoms with Gasteiger partial charge in [0.2, 0.25) is 17.7 Å². The van der Waals surface area contributed by atoms with E-state index in [0.29, 0.717) is 16.9 Å². The number of nitrogens with zero attached hydrogens (tertiary/aromatic N) is 3. The van der Waals surface area contributed by atoms with E-state index >= 15 is 0 Å². The number of H-pyrrole nitrogens is 1. The van der Waals surface area contributed by atoms with Crippen LogP contribution in [0.1, 0.15) is 36.6 Å². The number of carbonyl (C=O) groups is 1. The molecule has 27 heavy (non-hydrogen) atoms. The van der Waals surface area contributed by atoms with Gasteiger partial charge in [0.05, 0.1) is 10.5 Å². The van der Waals surface area contributed by atoms with Gasteiger partial charge in [-0.1, -0.05) is 13.8 Å². The highest BCUT2D eigenvalue weighted by Crippen LogP contribution is 2.55. The number of aromatic amines is 1. The van der Waals surface area contributed by atoms with Crippen LogP contribution in [-0.2, 0) is 10.2 Å². The largest absolute Gasteiger partial charge is 0.420 e. The van der Waals surface area contributed by atoms with E-state index in [0.717, 1.165) is 0 Å². The zero-order valence-corrected chi connectivity index (χ0v) is 14.4. The number of carbonyl (C=O) groups excluding carboxylic acids is 1. The first kappa shape index (κ1) is 16.6. The molecule has 0 aliphatic carbocycles. The number of aromatic nitrogens is 2. The SMILES string of the molecule is CC(C)c1[nH]nc2c1C1(C(=O)Nc3ccc([N+](=O)[O-])cc31)C(C#N)=C(N)O2. The van der Waals surface area contributed by atoms with Crippen LogP contribution in [0.5, 0.6) is 5.88 Å². The molecule has 0 bridgehead atoms. The molecular weight excluding hydrogens is 352 g/mol. The number of anilines is 1. The number of benzene rings is 1. The molecule has 1 aromatic heterocycles. The van der Waals surface area contributed by atoms with Gasteiger partial charge in [-0.05, 0) is 12.0 Å². The maximum absolute atomic E-state index is 13.2. The van der Waals surface area contributed by atoms with E-state index in [-0.39, 0.29) is 34.5 Å². The minimum Gasteiger partial charge on any atom is -0.420 e. The van der Waals surface area contributed by atoms with Gasteiger partial charge in [-0.3, -0.25) is 20.0 Å². The summed E-state index contributed by atoms with van der Waals surface area (Å²) < 4.78 is 5.47. The molecule has 10 heteroatoms. The van der Waals surface area contributed by atoms with Crippen LogP contribution >= 0.6 is 0 Å². The summed E-state index contributed by atoms with van der Waals surface area (Å²) in [7, 11) is 0. The summed E-state index contributed by atoms with van der Waals surface area (Å²) in [6.07, 6.45) is 0. The molecule has 1 atom stereocenters. The van der Waals surface area contributed by atoms with Gasteiger partial charge in [0.15, 0.2) is 0 Å². The molecule has 0 saturated carbocycles. The third-order valence-electron chi connectivity index (χ3n) is 4.86. The minimum atomic E-state index is -1.67. The van der Waals surface area contributed by atoms with E-state index in [2.05, 4.69) is 15.5 Å². The van der Waals surface area contributed by atoms with Gasteiger partial charge < -0.3 is 15.8 Å². The molecule has 10 nitrogen and oxygen atoms in total. The van der Waals surface area contributed by atoms with Crippen molar-refractivity contribution in [1.29, 1.82) is 5.26 Å². The van der Waals surface area contributed by atoms with Crippen LogP contribution in [0.2, 0.25) is 0 Å². The summed E-state index contributed by atoms with van der Waals surface area (Å²) in [5, 5.41) is 30.7. The van der Waals surface area contributed by atoms with Crippen LogP contribution in [0, 0.1) is 21.4 Å². The van der Waals surface area contributed by atoms with Crippen molar-refractivity contribution in [2.24, 2.45) is 5.73 Å². The second-order valence-electron chi connectivity index (χ2n) is 6.62. The van der Waals surface area contributed by atoms with E-state index < -0.39 is 16.2 Å². The highest BCUT2D eigenvalue weighted by atomic mass is 16.6. The minimum absolute atomic E-state index is 0.0738. The Balaban J connectivity index is 2.16. The standard InChI is InChI=1S/C17H14N6O4/c1-7(2)13-12-15(22-21-13)27-14(19)10(6-18)17(12)9-5-8(23(25)26)3-4-11(9)20-16(17)24/h3-5,7H,19H2,1-2H3,(H,20,24)(H,21,22). The number of hydrogen-bond donors (Lipinski definition) is 3. The van der Waals surface area contributed by atoms with Crippen molar-refractivity contribution in [1.82, 2.24) is 10.2 Å². The lowest BCUT2D eigenvalue weighted by atomic mass is 9.68. The van der Waals surface area contributed by atoms with Gasteiger partial charge in [0, 0.05) is 29.1 Å². The Labute approximate surface area is 152 Å². The molecule has 3 heterocycles. The monoisotopic (exact) mass is 366 g/mol. The van der Waals surface area contributed by atoms with E-state index in [1.54, 1.807) is 0 Å². The lowest BCUT2D eigenvalue weighted by molar-refractivity contribution is -0.384. The third-order valence-corrected chi connectivity index (χ3v) is 4.86. The fourth-order valence-corrected chi connectivity index (χ4v) is 3.70. The summed E-state index contributed by atoms with van der Waals surface area (Å²) in [4.78, 5) is 24.0.